The molecule has 0 unspecified atom stereocenters. The molecular weight excluding hydrogens is 281 g/mol. The lowest BCUT2D eigenvalue weighted by molar-refractivity contribution is -0.174. The highest BCUT2D eigenvalue weighted by Gasteiger charge is 2.47. The van der Waals surface area contributed by atoms with Gasteiger partial charge in [-0.05, 0) is 13.3 Å². The Morgan fingerprint density at radius 2 is 2.00 bits per heavy atom. The van der Waals surface area contributed by atoms with Crippen molar-refractivity contribution in [2.45, 2.75) is 25.1 Å². The predicted molar refractivity (Wildman–Crippen MR) is 62.0 cm³/mol. The normalized spacial score (nSPS) is 23.4. The average Bonchev–Trinajstić information content (AvgIpc) is 2.50. The van der Waals surface area contributed by atoms with Gasteiger partial charge in [-0.15, -0.1) is 0 Å². The van der Waals surface area contributed by atoms with Gasteiger partial charge in [-0.3, -0.25) is 9.69 Å². The molecule has 1 saturated heterocycles. The van der Waals surface area contributed by atoms with Gasteiger partial charge in [0.25, 0.3) is 5.91 Å². The molecule has 3 amide bonds. The van der Waals surface area contributed by atoms with Crippen LogP contribution in [0.5, 0.6) is 0 Å². The van der Waals surface area contributed by atoms with Crippen LogP contribution >= 0.6 is 0 Å². The van der Waals surface area contributed by atoms with Crippen LogP contribution in [0, 0.1) is 0 Å². The van der Waals surface area contributed by atoms with Gasteiger partial charge in [0.05, 0.1) is 6.61 Å². The number of hydrogen-bond donors (Lipinski definition) is 1. The maximum absolute atomic E-state index is 12.0. The van der Waals surface area contributed by atoms with Gasteiger partial charge < -0.3 is 14.8 Å². The van der Waals surface area contributed by atoms with Crippen molar-refractivity contribution >= 4 is 11.9 Å². The number of carbonyl (C=O) groups excluding carboxylic acids is 2. The molecule has 0 radical (unpaired) electrons. The first-order valence-electron chi connectivity index (χ1n) is 5.97. The van der Waals surface area contributed by atoms with Crippen molar-refractivity contribution in [1.82, 2.24) is 10.2 Å². The minimum atomic E-state index is -4.38. The summed E-state index contributed by atoms with van der Waals surface area (Å²) in [5, 5.41) is 2.49. The van der Waals surface area contributed by atoms with Crippen molar-refractivity contribution < 1.29 is 32.2 Å². The van der Waals surface area contributed by atoms with Gasteiger partial charge in [0.2, 0.25) is 0 Å². The van der Waals surface area contributed by atoms with Crippen molar-refractivity contribution in [1.29, 1.82) is 0 Å². The van der Waals surface area contributed by atoms with Gasteiger partial charge in [0, 0.05) is 20.3 Å². The number of nitrogens with zero attached hydrogens (tertiary/aromatic N) is 1. The third kappa shape index (κ3) is 4.34. The Labute approximate surface area is 114 Å². The Morgan fingerprint density at radius 1 is 1.35 bits per heavy atom. The third-order valence-electron chi connectivity index (χ3n) is 2.71. The number of ether oxygens (including phenoxy) is 2. The molecular formula is C11H17F3N2O4. The maximum Gasteiger partial charge on any atom is 0.411 e. The second-order valence-electron chi connectivity index (χ2n) is 4.67. The van der Waals surface area contributed by atoms with Gasteiger partial charge in [0.15, 0.2) is 0 Å². The number of halogens is 3. The van der Waals surface area contributed by atoms with Crippen molar-refractivity contribution in [3.05, 3.63) is 0 Å². The second-order valence-corrected chi connectivity index (χ2v) is 4.67. The van der Waals surface area contributed by atoms with Gasteiger partial charge in [-0.2, -0.15) is 13.2 Å². The Hall–Kier alpha value is -1.35. The molecule has 0 bridgehead atoms. The van der Waals surface area contributed by atoms with Crippen molar-refractivity contribution in [2.24, 2.45) is 0 Å². The van der Waals surface area contributed by atoms with E-state index in [-0.39, 0.29) is 26.2 Å². The van der Waals surface area contributed by atoms with Crippen LogP contribution in [0.15, 0.2) is 0 Å². The molecule has 0 aromatic rings. The topological polar surface area (TPSA) is 67.9 Å². The molecule has 1 atom stereocenters. The van der Waals surface area contributed by atoms with E-state index in [0.717, 1.165) is 4.90 Å². The molecule has 0 saturated carbocycles. The summed E-state index contributed by atoms with van der Waals surface area (Å²) in [6.07, 6.45) is -4.24. The zero-order chi connectivity index (χ0) is 15.4. The van der Waals surface area contributed by atoms with E-state index in [2.05, 4.69) is 10.1 Å². The van der Waals surface area contributed by atoms with Crippen LogP contribution in [0.4, 0.5) is 18.0 Å². The molecule has 1 fully saturated rings. The van der Waals surface area contributed by atoms with Gasteiger partial charge in [-0.1, -0.05) is 0 Å². The smallest absolute Gasteiger partial charge is 0.382 e. The van der Waals surface area contributed by atoms with Crippen LogP contribution < -0.4 is 5.32 Å². The quantitative estimate of drug-likeness (QED) is 0.560. The van der Waals surface area contributed by atoms with E-state index >= 15 is 0 Å². The summed E-state index contributed by atoms with van der Waals surface area (Å²) < 4.78 is 44.8. The lowest BCUT2D eigenvalue weighted by Gasteiger charge is -2.20. The highest BCUT2D eigenvalue weighted by Crippen LogP contribution is 2.18. The van der Waals surface area contributed by atoms with Gasteiger partial charge >= 0.3 is 12.2 Å². The van der Waals surface area contributed by atoms with Crippen molar-refractivity contribution in [3.8, 4) is 0 Å². The van der Waals surface area contributed by atoms with Gasteiger partial charge in [0.1, 0.15) is 12.1 Å². The van der Waals surface area contributed by atoms with Crippen LogP contribution in [-0.2, 0) is 14.3 Å². The molecule has 116 valence electrons. The highest BCUT2D eigenvalue weighted by molar-refractivity contribution is 6.06. The fraction of sp³-hybridized carbons (Fsp3) is 0.818. The van der Waals surface area contributed by atoms with Crippen molar-refractivity contribution in [2.75, 3.05) is 33.5 Å². The fourth-order valence-corrected chi connectivity index (χ4v) is 1.85. The van der Waals surface area contributed by atoms with E-state index < -0.39 is 30.3 Å². The van der Waals surface area contributed by atoms with Crippen LogP contribution in [0.1, 0.15) is 13.3 Å². The first-order valence-corrected chi connectivity index (χ1v) is 5.97. The number of amides is 3. The van der Waals surface area contributed by atoms with E-state index in [1.807, 2.05) is 0 Å². The van der Waals surface area contributed by atoms with E-state index in [0.29, 0.717) is 0 Å². The van der Waals surface area contributed by atoms with Crippen molar-refractivity contribution in [3.63, 3.8) is 0 Å². The lowest BCUT2D eigenvalue weighted by Crippen LogP contribution is -2.48. The lowest BCUT2D eigenvalue weighted by atomic mass is 10.0. The molecule has 1 aliphatic rings. The molecule has 6 nitrogen and oxygen atoms in total. The Balaban J connectivity index is 2.37. The minimum absolute atomic E-state index is 0.00181. The minimum Gasteiger partial charge on any atom is -0.382 e. The maximum atomic E-state index is 12.0. The zero-order valence-corrected chi connectivity index (χ0v) is 11.2. The van der Waals surface area contributed by atoms with Crippen LogP contribution in [0.2, 0.25) is 0 Å². The Bertz CT molecular complexity index is 375. The largest absolute Gasteiger partial charge is 0.411 e. The Morgan fingerprint density at radius 3 is 2.55 bits per heavy atom. The monoisotopic (exact) mass is 298 g/mol. The van der Waals surface area contributed by atoms with Crippen LogP contribution in [0.3, 0.4) is 0 Å². The summed E-state index contributed by atoms with van der Waals surface area (Å²) in [6.45, 7) is 0.0312. The van der Waals surface area contributed by atoms with E-state index in [1.165, 1.54) is 14.0 Å². The average molecular weight is 298 g/mol. The van der Waals surface area contributed by atoms with Crippen LogP contribution in [0.25, 0.3) is 0 Å². The SMILES string of the molecule is COC[C@@]1(C)NC(=O)N(CCCOCC(F)(F)F)C1=O. The van der Waals surface area contributed by atoms with E-state index in [1.54, 1.807) is 0 Å². The number of urea groups is 1. The molecule has 9 heteroatoms. The summed E-state index contributed by atoms with van der Waals surface area (Å²) in [4.78, 5) is 24.6. The first kappa shape index (κ1) is 16.7. The molecule has 0 aromatic carbocycles. The van der Waals surface area contributed by atoms with Gasteiger partial charge in [-0.25, -0.2) is 4.79 Å². The predicted octanol–water partition coefficient (Wildman–Crippen LogP) is 0.912. The molecule has 0 spiro atoms. The summed E-state index contributed by atoms with van der Waals surface area (Å²) >= 11 is 0. The molecule has 1 aliphatic heterocycles. The first-order chi connectivity index (χ1) is 9.19. The zero-order valence-electron chi connectivity index (χ0n) is 11.2. The molecule has 20 heavy (non-hydrogen) atoms. The van der Waals surface area contributed by atoms with E-state index in [4.69, 9.17) is 4.74 Å². The summed E-state index contributed by atoms with van der Waals surface area (Å²) in [5.74, 6) is -0.458. The number of hydrogen-bond acceptors (Lipinski definition) is 4. The number of carbonyl (C=O) groups is 2. The third-order valence-corrected chi connectivity index (χ3v) is 2.71. The molecule has 0 aliphatic carbocycles. The summed E-state index contributed by atoms with van der Waals surface area (Å²) in [7, 11) is 1.40. The molecule has 0 aromatic heterocycles. The summed E-state index contributed by atoms with van der Waals surface area (Å²) in [5.41, 5.74) is -1.13. The van der Waals surface area contributed by atoms with Crippen LogP contribution in [-0.4, -0.2) is 62.0 Å². The number of rotatable bonds is 7. The highest BCUT2D eigenvalue weighted by atomic mass is 19.4. The number of methoxy groups -OCH3 is 1. The summed E-state index contributed by atoms with van der Waals surface area (Å²) in [6, 6.07) is -0.578. The molecule has 1 rings (SSSR count). The Kier molecular flexibility index (Phi) is 5.35. The number of imide groups is 1. The molecule has 1 heterocycles. The standard InChI is InChI=1S/C11H17F3N2O4/c1-10(6-19-2)8(17)16(9(18)15-10)4-3-5-20-7-11(12,13)14/h3-7H2,1-2H3,(H,15,18)/t10-/m1/s1. The number of nitrogens with one attached hydrogen (secondary N) is 1. The van der Waals surface area contributed by atoms with E-state index in [9.17, 15) is 22.8 Å². The number of alkyl halides is 3. The fourth-order valence-electron chi connectivity index (χ4n) is 1.85. The second kappa shape index (κ2) is 6.40. The molecule has 1 N–H and O–H groups in total.